The Balaban J connectivity index is 1.40. The van der Waals surface area contributed by atoms with Crippen LogP contribution in [0.5, 0.6) is 11.5 Å². The molecule has 0 unspecified atom stereocenters. The molecule has 190 valence electrons. The van der Waals surface area contributed by atoms with Crippen molar-refractivity contribution in [1.29, 1.82) is 0 Å². The summed E-state index contributed by atoms with van der Waals surface area (Å²) in [7, 11) is 1.71. The Morgan fingerprint density at radius 3 is 2.49 bits per heavy atom. The van der Waals surface area contributed by atoms with Crippen LogP contribution in [0.15, 0.2) is 60.7 Å². The smallest absolute Gasteiger partial charge is 0.249 e. The lowest BCUT2D eigenvalue weighted by atomic mass is 10.00. The molecule has 4 aromatic rings. The summed E-state index contributed by atoms with van der Waals surface area (Å²) in [5, 5.41) is 4.11. The summed E-state index contributed by atoms with van der Waals surface area (Å²) in [6.45, 7) is 6.26. The van der Waals surface area contributed by atoms with E-state index in [1.807, 2.05) is 43.3 Å². The summed E-state index contributed by atoms with van der Waals surface area (Å²) in [6.07, 6.45) is 0.563. The third kappa shape index (κ3) is 4.89. The van der Waals surface area contributed by atoms with Gasteiger partial charge in [0.05, 0.1) is 6.42 Å². The molecule has 5 rings (SSSR count). The second-order valence-electron chi connectivity index (χ2n) is 9.60. The van der Waals surface area contributed by atoms with Gasteiger partial charge in [-0.3, -0.25) is 9.59 Å². The molecule has 3 aromatic carbocycles. The quantitative estimate of drug-likeness (QED) is 0.386. The van der Waals surface area contributed by atoms with E-state index in [4.69, 9.17) is 9.47 Å². The van der Waals surface area contributed by atoms with Gasteiger partial charge in [-0.25, -0.2) is 0 Å². The number of carbonyl (C=O) groups excluding carboxylic acids is 2. The van der Waals surface area contributed by atoms with E-state index < -0.39 is 6.04 Å². The van der Waals surface area contributed by atoms with Gasteiger partial charge in [-0.15, -0.1) is 0 Å². The molecule has 2 amide bonds. The number of nitrogens with zero attached hydrogens (tertiary/aromatic N) is 1. The van der Waals surface area contributed by atoms with Crippen LogP contribution >= 0.6 is 0 Å². The number of benzene rings is 3. The van der Waals surface area contributed by atoms with Gasteiger partial charge in [0.15, 0.2) is 11.5 Å². The molecular formula is C30H31N3O4. The van der Waals surface area contributed by atoms with Crippen molar-refractivity contribution in [3.05, 3.63) is 88.6 Å². The number of amides is 2. The fourth-order valence-electron chi connectivity index (χ4n) is 4.94. The van der Waals surface area contributed by atoms with Crippen LogP contribution in [0.2, 0.25) is 0 Å². The van der Waals surface area contributed by atoms with Gasteiger partial charge in [0.1, 0.15) is 6.04 Å². The third-order valence-electron chi connectivity index (χ3n) is 7.02. The highest BCUT2D eigenvalue weighted by atomic mass is 16.7. The zero-order chi connectivity index (χ0) is 26.1. The summed E-state index contributed by atoms with van der Waals surface area (Å²) in [4.78, 5) is 32.1. The Hall–Kier alpha value is -4.26. The van der Waals surface area contributed by atoms with E-state index in [1.165, 1.54) is 0 Å². The van der Waals surface area contributed by atoms with Gasteiger partial charge in [-0.1, -0.05) is 42.5 Å². The lowest BCUT2D eigenvalue weighted by molar-refractivity contribution is -0.127. The minimum atomic E-state index is -0.737. The summed E-state index contributed by atoms with van der Waals surface area (Å²) in [5.74, 6) is 0.844. The van der Waals surface area contributed by atoms with Crippen LogP contribution in [-0.2, 0) is 22.4 Å². The number of carbonyl (C=O) groups is 2. The topological polar surface area (TPSA) is 83.7 Å². The fourth-order valence-corrected chi connectivity index (χ4v) is 4.94. The van der Waals surface area contributed by atoms with Gasteiger partial charge in [-0.05, 0) is 55.2 Å². The predicted octanol–water partition coefficient (Wildman–Crippen LogP) is 4.75. The maximum absolute atomic E-state index is 13.7. The molecule has 0 bridgehead atoms. The highest BCUT2D eigenvalue weighted by Gasteiger charge is 2.27. The predicted molar refractivity (Wildman–Crippen MR) is 144 cm³/mol. The molecule has 0 aliphatic carbocycles. The molecule has 2 heterocycles. The van der Waals surface area contributed by atoms with Crippen LogP contribution in [0.4, 0.5) is 5.69 Å². The highest BCUT2D eigenvalue weighted by molar-refractivity contribution is 6.00. The lowest BCUT2D eigenvalue weighted by Gasteiger charge is -2.25. The number of anilines is 1. The normalized spacial score (nSPS) is 13.0. The second-order valence-corrected chi connectivity index (χ2v) is 9.60. The van der Waals surface area contributed by atoms with E-state index in [1.54, 1.807) is 24.1 Å². The Bertz CT molecular complexity index is 1480. The average Bonchev–Trinajstić information content (AvgIpc) is 3.50. The van der Waals surface area contributed by atoms with E-state index in [2.05, 4.69) is 36.3 Å². The SMILES string of the molecule is Cc1[nH]c2c(C)ccc(C)c2c1CC(=O)N[C@@H](Cc1ccccc1)C(=O)N(C)c1ccc2c(c1)OCO2. The Kier molecular flexibility index (Phi) is 6.61. The van der Waals surface area contributed by atoms with Crippen molar-refractivity contribution < 1.29 is 19.1 Å². The van der Waals surface area contributed by atoms with Gasteiger partial charge in [0.2, 0.25) is 18.6 Å². The monoisotopic (exact) mass is 497 g/mol. The van der Waals surface area contributed by atoms with Gasteiger partial charge in [-0.2, -0.15) is 0 Å². The number of likely N-dealkylation sites (N-methyl/N-ethyl adjacent to an activating group) is 1. The fraction of sp³-hybridized carbons (Fsp3) is 0.267. The number of nitrogens with one attached hydrogen (secondary N) is 2. The second kappa shape index (κ2) is 10.0. The summed E-state index contributed by atoms with van der Waals surface area (Å²) < 4.78 is 10.9. The largest absolute Gasteiger partial charge is 0.454 e. The first-order valence-corrected chi connectivity index (χ1v) is 12.4. The maximum atomic E-state index is 13.7. The molecular weight excluding hydrogens is 466 g/mol. The molecule has 1 aromatic heterocycles. The molecule has 1 atom stereocenters. The molecule has 0 saturated heterocycles. The summed E-state index contributed by atoms with van der Waals surface area (Å²) in [6, 6.07) is 18.5. The van der Waals surface area contributed by atoms with E-state index in [0.717, 1.165) is 38.9 Å². The minimum absolute atomic E-state index is 0.162. The first-order chi connectivity index (χ1) is 17.8. The first kappa shape index (κ1) is 24.4. The van der Waals surface area contributed by atoms with E-state index in [9.17, 15) is 9.59 Å². The van der Waals surface area contributed by atoms with Crippen LogP contribution in [-0.4, -0.2) is 36.7 Å². The van der Waals surface area contributed by atoms with Crippen molar-refractivity contribution in [1.82, 2.24) is 10.3 Å². The average molecular weight is 498 g/mol. The molecule has 37 heavy (non-hydrogen) atoms. The van der Waals surface area contributed by atoms with Gasteiger partial charge < -0.3 is 24.7 Å². The van der Waals surface area contributed by atoms with Crippen LogP contribution < -0.4 is 19.7 Å². The molecule has 1 aliphatic rings. The molecule has 0 radical (unpaired) electrons. The van der Waals surface area contributed by atoms with Crippen LogP contribution in [0.1, 0.15) is 27.9 Å². The Labute approximate surface area is 216 Å². The number of aromatic nitrogens is 1. The van der Waals surface area contributed by atoms with Gasteiger partial charge in [0.25, 0.3) is 0 Å². The molecule has 0 saturated carbocycles. The minimum Gasteiger partial charge on any atom is -0.454 e. The number of hydrogen-bond donors (Lipinski definition) is 2. The molecule has 1 aliphatic heterocycles. The lowest BCUT2D eigenvalue weighted by Crippen LogP contribution is -2.49. The Morgan fingerprint density at radius 1 is 0.973 bits per heavy atom. The number of ether oxygens (including phenoxy) is 2. The van der Waals surface area contributed by atoms with E-state index in [0.29, 0.717) is 23.6 Å². The number of fused-ring (bicyclic) bond motifs is 2. The van der Waals surface area contributed by atoms with Crippen molar-refractivity contribution in [3.63, 3.8) is 0 Å². The molecule has 2 N–H and O–H groups in total. The number of hydrogen-bond acceptors (Lipinski definition) is 4. The Morgan fingerprint density at radius 2 is 1.70 bits per heavy atom. The van der Waals surface area contributed by atoms with Crippen LogP contribution in [0, 0.1) is 20.8 Å². The number of rotatable bonds is 7. The van der Waals surface area contributed by atoms with Crippen molar-refractivity contribution in [2.45, 2.75) is 39.7 Å². The van der Waals surface area contributed by atoms with Crippen LogP contribution in [0.25, 0.3) is 10.9 Å². The molecule has 0 spiro atoms. The molecule has 7 nitrogen and oxygen atoms in total. The molecule has 7 heteroatoms. The standard InChI is InChI=1S/C30H31N3O4/c1-18-10-11-19(2)29-28(18)23(20(3)31-29)16-27(34)32-24(14-21-8-6-5-7-9-21)30(35)33(4)22-12-13-25-26(15-22)37-17-36-25/h5-13,15,24,31H,14,16-17H2,1-4H3,(H,32,34)/t24-/m0/s1. The molecule has 0 fully saturated rings. The zero-order valence-corrected chi connectivity index (χ0v) is 21.6. The maximum Gasteiger partial charge on any atom is 0.249 e. The van der Waals surface area contributed by atoms with Gasteiger partial charge in [0, 0.05) is 41.8 Å². The van der Waals surface area contributed by atoms with Crippen molar-refractivity contribution in [3.8, 4) is 11.5 Å². The van der Waals surface area contributed by atoms with E-state index in [-0.39, 0.29) is 25.0 Å². The highest BCUT2D eigenvalue weighted by Crippen LogP contribution is 2.35. The number of aromatic amines is 1. The number of H-pyrrole nitrogens is 1. The van der Waals surface area contributed by atoms with Crippen molar-refractivity contribution >= 4 is 28.4 Å². The number of aryl methyl sites for hydroxylation is 3. The van der Waals surface area contributed by atoms with Crippen molar-refractivity contribution in [2.75, 3.05) is 18.7 Å². The van der Waals surface area contributed by atoms with E-state index >= 15 is 0 Å². The summed E-state index contributed by atoms with van der Waals surface area (Å²) >= 11 is 0. The summed E-state index contributed by atoms with van der Waals surface area (Å²) in [5.41, 5.74) is 6.87. The van der Waals surface area contributed by atoms with Crippen LogP contribution in [0.3, 0.4) is 0 Å². The van der Waals surface area contributed by atoms with Gasteiger partial charge >= 0.3 is 0 Å². The zero-order valence-electron chi connectivity index (χ0n) is 21.6. The first-order valence-electron chi connectivity index (χ1n) is 12.4. The third-order valence-corrected chi connectivity index (χ3v) is 7.02. The van der Waals surface area contributed by atoms with Crippen molar-refractivity contribution in [2.24, 2.45) is 0 Å².